The highest BCUT2D eigenvalue weighted by Crippen LogP contribution is 2.29. The number of rotatable bonds is 8. The van der Waals surface area contributed by atoms with E-state index in [0.717, 1.165) is 0 Å². The van der Waals surface area contributed by atoms with Gasteiger partial charge in [0.1, 0.15) is 11.6 Å². The molecule has 0 radical (unpaired) electrons. The van der Waals surface area contributed by atoms with Gasteiger partial charge in [-0.25, -0.2) is 4.39 Å². The van der Waals surface area contributed by atoms with Crippen LogP contribution < -0.4 is 10.6 Å². The molecule has 0 spiro atoms. The summed E-state index contributed by atoms with van der Waals surface area (Å²) in [5, 5.41) is 14.7. The molecule has 0 unspecified atom stereocenters. The molecule has 0 aliphatic carbocycles. The molecule has 2 aromatic carbocycles. The van der Waals surface area contributed by atoms with E-state index in [2.05, 4.69) is 20.8 Å². The van der Waals surface area contributed by atoms with Crippen molar-refractivity contribution < 1.29 is 14.0 Å². The first kappa shape index (κ1) is 23.1. The fourth-order valence-electron chi connectivity index (χ4n) is 2.67. The number of amides is 2. The van der Waals surface area contributed by atoms with E-state index in [4.69, 9.17) is 23.2 Å². The van der Waals surface area contributed by atoms with Crippen LogP contribution in [0.2, 0.25) is 10.0 Å². The first-order valence-corrected chi connectivity index (χ1v) is 11.0. The molecule has 3 rings (SSSR count). The van der Waals surface area contributed by atoms with E-state index in [1.807, 2.05) is 6.92 Å². The van der Waals surface area contributed by atoms with Crippen molar-refractivity contribution in [2.75, 3.05) is 16.4 Å². The Bertz CT molecular complexity index is 1090. The Labute approximate surface area is 192 Å². The van der Waals surface area contributed by atoms with Crippen molar-refractivity contribution in [3.8, 4) is 0 Å². The van der Waals surface area contributed by atoms with Gasteiger partial charge >= 0.3 is 0 Å². The SMILES string of the molecule is CCn1c(CC(=O)Nc2cccc(Cl)c2Cl)nnc1SCC(=O)Nc1ccc(F)cc1. The maximum absolute atomic E-state index is 13.0. The van der Waals surface area contributed by atoms with Gasteiger partial charge in [-0.2, -0.15) is 0 Å². The number of carbonyl (C=O) groups excluding carboxylic acids is 2. The van der Waals surface area contributed by atoms with Gasteiger partial charge in [-0.3, -0.25) is 9.59 Å². The molecule has 2 N–H and O–H groups in total. The summed E-state index contributed by atoms with van der Waals surface area (Å²) in [5.41, 5.74) is 0.912. The van der Waals surface area contributed by atoms with Crippen LogP contribution in [0.25, 0.3) is 0 Å². The Kier molecular flexibility index (Phi) is 7.89. The largest absolute Gasteiger partial charge is 0.325 e. The van der Waals surface area contributed by atoms with E-state index in [1.54, 1.807) is 22.8 Å². The molecule has 3 aromatic rings. The van der Waals surface area contributed by atoms with Gasteiger partial charge in [-0.05, 0) is 43.3 Å². The van der Waals surface area contributed by atoms with Crippen LogP contribution in [-0.4, -0.2) is 32.3 Å². The Morgan fingerprint density at radius 1 is 1.06 bits per heavy atom. The molecule has 162 valence electrons. The van der Waals surface area contributed by atoms with Crippen LogP contribution in [0.5, 0.6) is 0 Å². The fourth-order valence-corrected chi connectivity index (χ4v) is 3.84. The molecule has 0 saturated carbocycles. The second-order valence-corrected chi connectivity index (χ2v) is 8.04. The summed E-state index contributed by atoms with van der Waals surface area (Å²) in [6.07, 6.45) is -0.0218. The van der Waals surface area contributed by atoms with Crippen LogP contribution in [0.1, 0.15) is 12.7 Å². The zero-order valence-electron chi connectivity index (χ0n) is 16.4. The van der Waals surface area contributed by atoms with Crippen LogP contribution in [0.15, 0.2) is 47.6 Å². The minimum atomic E-state index is -0.377. The number of hydrogen-bond donors (Lipinski definition) is 2. The van der Waals surface area contributed by atoms with Crippen LogP contribution >= 0.6 is 35.0 Å². The Morgan fingerprint density at radius 3 is 2.52 bits per heavy atom. The van der Waals surface area contributed by atoms with Crippen molar-refractivity contribution >= 4 is 58.2 Å². The normalized spacial score (nSPS) is 10.7. The van der Waals surface area contributed by atoms with Crippen LogP contribution in [0.3, 0.4) is 0 Å². The van der Waals surface area contributed by atoms with E-state index in [1.165, 1.54) is 36.0 Å². The van der Waals surface area contributed by atoms with Crippen molar-refractivity contribution in [3.05, 3.63) is 64.2 Å². The number of thioether (sulfide) groups is 1. The number of carbonyl (C=O) groups is 2. The first-order valence-electron chi connectivity index (χ1n) is 9.21. The minimum absolute atomic E-state index is 0.0218. The van der Waals surface area contributed by atoms with Gasteiger partial charge in [0.05, 0.1) is 27.9 Å². The standard InChI is InChI=1S/C20H18Cl2FN5O2S/c1-2-28-16(10-17(29)25-15-5-3-4-14(21)19(15)22)26-27-20(28)31-11-18(30)24-13-8-6-12(23)7-9-13/h3-9H,2,10-11H2,1H3,(H,24,30)(H,25,29). The lowest BCUT2D eigenvalue weighted by Crippen LogP contribution is -2.18. The summed E-state index contributed by atoms with van der Waals surface area (Å²) in [7, 11) is 0. The predicted octanol–water partition coefficient (Wildman–Crippen LogP) is 4.66. The number of aromatic nitrogens is 3. The molecule has 0 aliphatic heterocycles. The molecule has 1 aromatic heterocycles. The maximum Gasteiger partial charge on any atom is 0.234 e. The average molecular weight is 482 g/mol. The second kappa shape index (κ2) is 10.6. The van der Waals surface area contributed by atoms with Crippen molar-refractivity contribution in [1.29, 1.82) is 0 Å². The van der Waals surface area contributed by atoms with Gasteiger partial charge < -0.3 is 15.2 Å². The highest BCUT2D eigenvalue weighted by molar-refractivity contribution is 7.99. The molecule has 0 saturated heterocycles. The molecule has 0 bridgehead atoms. The molecular formula is C20H18Cl2FN5O2S. The summed E-state index contributed by atoms with van der Waals surface area (Å²) < 4.78 is 14.7. The lowest BCUT2D eigenvalue weighted by Gasteiger charge is -2.09. The average Bonchev–Trinajstić information content (AvgIpc) is 3.13. The third-order valence-electron chi connectivity index (χ3n) is 4.11. The number of nitrogens with one attached hydrogen (secondary N) is 2. The van der Waals surface area contributed by atoms with Gasteiger partial charge in [0.25, 0.3) is 0 Å². The molecule has 2 amide bonds. The summed E-state index contributed by atoms with van der Waals surface area (Å²) in [6.45, 7) is 2.41. The first-order chi connectivity index (χ1) is 14.9. The molecular weight excluding hydrogens is 464 g/mol. The Hall–Kier alpha value is -2.62. The summed E-state index contributed by atoms with van der Waals surface area (Å²) in [4.78, 5) is 24.6. The molecule has 1 heterocycles. The van der Waals surface area contributed by atoms with Crippen molar-refractivity contribution in [2.24, 2.45) is 0 Å². The quantitative estimate of drug-likeness (QED) is 0.456. The van der Waals surface area contributed by atoms with Crippen LogP contribution in [0.4, 0.5) is 15.8 Å². The maximum atomic E-state index is 13.0. The van der Waals surface area contributed by atoms with Gasteiger partial charge in [0, 0.05) is 12.2 Å². The fraction of sp³-hybridized carbons (Fsp3) is 0.200. The summed E-state index contributed by atoms with van der Waals surface area (Å²) in [6, 6.07) is 10.5. The Balaban J connectivity index is 1.59. The number of benzene rings is 2. The van der Waals surface area contributed by atoms with Crippen LogP contribution in [-0.2, 0) is 22.6 Å². The van der Waals surface area contributed by atoms with E-state index < -0.39 is 0 Å². The van der Waals surface area contributed by atoms with Gasteiger partial charge in [0.15, 0.2) is 5.16 Å². The molecule has 7 nitrogen and oxygen atoms in total. The summed E-state index contributed by atoms with van der Waals surface area (Å²) in [5.74, 6) is -0.425. The van der Waals surface area contributed by atoms with E-state index in [0.29, 0.717) is 33.9 Å². The topological polar surface area (TPSA) is 88.9 Å². The molecule has 31 heavy (non-hydrogen) atoms. The van der Waals surface area contributed by atoms with E-state index in [-0.39, 0.29) is 34.8 Å². The smallest absolute Gasteiger partial charge is 0.234 e. The number of anilines is 2. The number of hydrogen-bond acceptors (Lipinski definition) is 5. The Morgan fingerprint density at radius 2 is 1.81 bits per heavy atom. The van der Waals surface area contributed by atoms with Gasteiger partial charge in [-0.15, -0.1) is 10.2 Å². The molecule has 0 fully saturated rings. The molecule has 0 aliphatic rings. The van der Waals surface area contributed by atoms with Crippen molar-refractivity contribution in [2.45, 2.75) is 25.0 Å². The number of halogens is 3. The lowest BCUT2D eigenvalue weighted by molar-refractivity contribution is -0.116. The summed E-state index contributed by atoms with van der Waals surface area (Å²) >= 11 is 13.3. The third kappa shape index (κ3) is 6.19. The second-order valence-electron chi connectivity index (χ2n) is 6.31. The van der Waals surface area contributed by atoms with E-state index >= 15 is 0 Å². The molecule has 0 atom stereocenters. The van der Waals surface area contributed by atoms with E-state index in [9.17, 15) is 14.0 Å². The van der Waals surface area contributed by atoms with Gasteiger partial charge in [-0.1, -0.05) is 41.0 Å². The number of nitrogens with zero attached hydrogens (tertiary/aromatic N) is 3. The highest BCUT2D eigenvalue weighted by atomic mass is 35.5. The van der Waals surface area contributed by atoms with Crippen molar-refractivity contribution in [1.82, 2.24) is 14.8 Å². The van der Waals surface area contributed by atoms with Crippen LogP contribution in [0, 0.1) is 5.82 Å². The lowest BCUT2D eigenvalue weighted by atomic mass is 10.3. The predicted molar refractivity (Wildman–Crippen MR) is 120 cm³/mol. The minimum Gasteiger partial charge on any atom is -0.325 e. The zero-order valence-corrected chi connectivity index (χ0v) is 18.7. The van der Waals surface area contributed by atoms with Crippen molar-refractivity contribution in [3.63, 3.8) is 0 Å². The highest BCUT2D eigenvalue weighted by Gasteiger charge is 2.17. The monoisotopic (exact) mass is 481 g/mol. The third-order valence-corrected chi connectivity index (χ3v) is 5.90. The zero-order chi connectivity index (χ0) is 22.4. The molecule has 11 heteroatoms. The van der Waals surface area contributed by atoms with Gasteiger partial charge in [0.2, 0.25) is 11.8 Å².